The molecule has 168 valence electrons. The molecule has 0 saturated carbocycles. The summed E-state index contributed by atoms with van der Waals surface area (Å²) in [7, 11) is 0. The lowest BCUT2D eigenvalue weighted by molar-refractivity contribution is -0.132. The number of amides is 1. The van der Waals surface area contributed by atoms with Gasteiger partial charge in [-0.3, -0.25) is 14.5 Å². The van der Waals surface area contributed by atoms with Crippen LogP contribution in [-0.2, 0) is 9.59 Å². The average molecular weight is 461 g/mol. The zero-order valence-electron chi connectivity index (χ0n) is 18.4. The minimum atomic E-state index is -0.783. The lowest BCUT2D eigenvalue weighted by Gasteiger charge is -2.23. The second kappa shape index (κ2) is 9.42. The highest BCUT2D eigenvalue weighted by molar-refractivity contribution is 7.14. The summed E-state index contributed by atoms with van der Waals surface area (Å²) < 4.78 is 5.49. The Kier molecular flexibility index (Phi) is 6.42. The number of aromatic nitrogens is 1. The molecule has 1 unspecified atom stereocenters. The van der Waals surface area contributed by atoms with Crippen LogP contribution in [-0.4, -0.2) is 28.4 Å². The number of hydrogen-bond acceptors (Lipinski definition) is 6. The number of ketones is 1. The number of rotatable bonds is 7. The van der Waals surface area contributed by atoms with Gasteiger partial charge >= 0.3 is 5.91 Å². The molecule has 1 aromatic heterocycles. The van der Waals surface area contributed by atoms with Gasteiger partial charge in [0.2, 0.25) is 0 Å². The number of aliphatic hydroxyl groups is 1. The molecule has 33 heavy (non-hydrogen) atoms. The zero-order chi connectivity index (χ0) is 23.5. The second-order valence-electron chi connectivity index (χ2n) is 7.93. The summed E-state index contributed by atoms with van der Waals surface area (Å²) in [6.45, 7) is 8.17. The lowest BCUT2D eigenvalue weighted by atomic mass is 9.93. The second-order valence-corrected chi connectivity index (χ2v) is 8.80. The molecule has 1 amide bonds. The van der Waals surface area contributed by atoms with Gasteiger partial charge in [-0.05, 0) is 41.3 Å². The third-order valence-corrected chi connectivity index (χ3v) is 6.25. The summed E-state index contributed by atoms with van der Waals surface area (Å²) in [5.41, 5.74) is 2.32. The van der Waals surface area contributed by atoms with Crippen molar-refractivity contribution in [1.82, 2.24) is 4.98 Å². The van der Waals surface area contributed by atoms with Gasteiger partial charge in [-0.25, -0.2) is 4.98 Å². The fourth-order valence-electron chi connectivity index (χ4n) is 3.76. The van der Waals surface area contributed by atoms with E-state index < -0.39 is 17.7 Å². The van der Waals surface area contributed by atoms with Crippen molar-refractivity contribution in [3.8, 4) is 5.75 Å². The van der Waals surface area contributed by atoms with Gasteiger partial charge < -0.3 is 9.84 Å². The molecule has 0 spiro atoms. The molecule has 1 aliphatic rings. The summed E-state index contributed by atoms with van der Waals surface area (Å²) >= 11 is 1.26. The van der Waals surface area contributed by atoms with Gasteiger partial charge in [0.25, 0.3) is 5.78 Å². The van der Waals surface area contributed by atoms with E-state index in [0.717, 1.165) is 11.1 Å². The molecule has 1 aliphatic heterocycles. The quantitative estimate of drug-likeness (QED) is 0.219. The number of ether oxygens (including phenoxy) is 1. The molecule has 4 rings (SSSR count). The van der Waals surface area contributed by atoms with Crippen LogP contribution in [0.1, 0.15) is 42.5 Å². The molecule has 0 radical (unpaired) electrons. The van der Waals surface area contributed by atoms with Crippen LogP contribution in [0.15, 0.2) is 78.3 Å². The first-order valence-corrected chi connectivity index (χ1v) is 11.4. The Morgan fingerprint density at radius 3 is 2.45 bits per heavy atom. The Morgan fingerprint density at radius 1 is 1.18 bits per heavy atom. The van der Waals surface area contributed by atoms with Gasteiger partial charge in [0.15, 0.2) is 5.13 Å². The maximum atomic E-state index is 13.1. The van der Waals surface area contributed by atoms with Crippen molar-refractivity contribution in [3.63, 3.8) is 0 Å². The largest absolute Gasteiger partial charge is 0.507 e. The molecule has 2 heterocycles. The van der Waals surface area contributed by atoms with E-state index in [4.69, 9.17) is 4.74 Å². The number of anilines is 1. The van der Waals surface area contributed by atoms with Crippen molar-refractivity contribution in [2.24, 2.45) is 0 Å². The summed E-state index contributed by atoms with van der Waals surface area (Å²) in [4.78, 5) is 31.8. The first-order chi connectivity index (χ1) is 15.9. The molecule has 2 aromatic carbocycles. The van der Waals surface area contributed by atoms with E-state index in [2.05, 4.69) is 25.4 Å². The first kappa shape index (κ1) is 22.5. The lowest BCUT2D eigenvalue weighted by Crippen LogP contribution is -2.29. The van der Waals surface area contributed by atoms with Crippen molar-refractivity contribution in [1.29, 1.82) is 0 Å². The fourth-order valence-corrected chi connectivity index (χ4v) is 4.43. The summed E-state index contributed by atoms with van der Waals surface area (Å²) in [5.74, 6) is -0.745. The van der Waals surface area contributed by atoms with Crippen LogP contribution in [0.5, 0.6) is 5.75 Å². The summed E-state index contributed by atoms with van der Waals surface area (Å²) in [5, 5.41) is 13.3. The molecule has 1 atom stereocenters. The third-order valence-electron chi connectivity index (χ3n) is 5.48. The van der Waals surface area contributed by atoms with Crippen LogP contribution < -0.4 is 9.64 Å². The Balaban J connectivity index is 1.82. The molecule has 1 N–H and O–H groups in total. The molecule has 0 aliphatic carbocycles. The highest BCUT2D eigenvalue weighted by Crippen LogP contribution is 2.43. The van der Waals surface area contributed by atoms with Gasteiger partial charge in [-0.1, -0.05) is 50.8 Å². The minimum Gasteiger partial charge on any atom is -0.507 e. The van der Waals surface area contributed by atoms with Crippen LogP contribution in [0.3, 0.4) is 0 Å². The maximum Gasteiger partial charge on any atom is 0.301 e. The highest BCUT2D eigenvalue weighted by atomic mass is 32.1. The van der Waals surface area contributed by atoms with E-state index in [1.54, 1.807) is 41.9 Å². The topological polar surface area (TPSA) is 79.7 Å². The number of hydrogen-bond donors (Lipinski definition) is 1. The van der Waals surface area contributed by atoms with Crippen LogP contribution >= 0.6 is 11.3 Å². The smallest absolute Gasteiger partial charge is 0.301 e. The van der Waals surface area contributed by atoms with Crippen molar-refractivity contribution in [2.75, 3.05) is 11.5 Å². The zero-order valence-corrected chi connectivity index (χ0v) is 19.2. The van der Waals surface area contributed by atoms with Gasteiger partial charge in [0, 0.05) is 17.1 Å². The van der Waals surface area contributed by atoms with Gasteiger partial charge in [0.1, 0.15) is 18.1 Å². The third kappa shape index (κ3) is 4.32. The van der Waals surface area contributed by atoms with E-state index in [1.807, 2.05) is 24.3 Å². The van der Waals surface area contributed by atoms with Crippen LogP contribution in [0.2, 0.25) is 0 Å². The summed E-state index contributed by atoms with van der Waals surface area (Å²) in [6.07, 6.45) is 3.22. The van der Waals surface area contributed by atoms with Gasteiger partial charge in [0.05, 0.1) is 11.6 Å². The monoisotopic (exact) mass is 460 g/mol. The van der Waals surface area contributed by atoms with Gasteiger partial charge in [-0.15, -0.1) is 11.3 Å². The number of benzene rings is 2. The number of aliphatic hydroxyl groups excluding tert-OH is 1. The highest BCUT2D eigenvalue weighted by Gasteiger charge is 2.47. The van der Waals surface area contributed by atoms with E-state index in [0.29, 0.717) is 29.0 Å². The maximum absolute atomic E-state index is 13.1. The molecular formula is C26H24N2O4S. The first-order valence-electron chi connectivity index (χ1n) is 10.6. The molecule has 3 aromatic rings. The number of nitrogens with zero attached hydrogens (tertiary/aromatic N) is 2. The predicted molar refractivity (Wildman–Crippen MR) is 130 cm³/mol. The van der Waals surface area contributed by atoms with E-state index in [-0.39, 0.29) is 11.3 Å². The van der Waals surface area contributed by atoms with E-state index in [1.165, 1.54) is 16.2 Å². The summed E-state index contributed by atoms with van der Waals surface area (Å²) in [6, 6.07) is 13.7. The molecule has 1 saturated heterocycles. The Bertz CT molecular complexity index is 1200. The number of carbonyl (C=O) groups excluding carboxylic acids is 2. The fraction of sp³-hybridized carbons (Fsp3) is 0.192. The van der Waals surface area contributed by atoms with Crippen LogP contribution in [0, 0.1) is 0 Å². The minimum absolute atomic E-state index is 0.0345. The standard InChI is InChI=1S/C26H24N2O4S/c1-4-14-32-20-11-9-19(10-12-20)23(29)21-22(18-7-5-17(6-8-18)16(2)3)28(25(31)24(21)30)26-27-13-15-33-26/h4-13,15-16,22,29H,1,14H2,2-3H3. The van der Waals surface area contributed by atoms with Crippen molar-refractivity contribution >= 4 is 33.9 Å². The Morgan fingerprint density at radius 2 is 1.88 bits per heavy atom. The number of carbonyl (C=O) groups is 2. The molecular weight excluding hydrogens is 436 g/mol. The van der Waals surface area contributed by atoms with Crippen molar-refractivity contribution < 1.29 is 19.4 Å². The number of thiazole rings is 1. The Hall–Kier alpha value is -3.71. The average Bonchev–Trinajstić information content (AvgIpc) is 3.44. The molecule has 1 fully saturated rings. The van der Waals surface area contributed by atoms with E-state index in [9.17, 15) is 14.7 Å². The van der Waals surface area contributed by atoms with Crippen LogP contribution in [0.25, 0.3) is 5.76 Å². The van der Waals surface area contributed by atoms with Crippen molar-refractivity contribution in [2.45, 2.75) is 25.8 Å². The Labute approximate surface area is 196 Å². The molecule has 6 nitrogen and oxygen atoms in total. The normalized spacial score (nSPS) is 17.5. The predicted octanol–water partition coefficient (Wildman–Crippen LogP) is 5.46. The molecule has 7 heteroatoms. The van der Waals surface area contributed by atoms with Gasteiger partial charge in [-0.2, -0.15) is 0 Å². The van der Waals surface area contributed by atoms with Crippen LogP contribution in [0.4, 0.5) is 5.13 Å². The SMILES string of the molecule is C=CCOc1ccc(C(O)=C2C(=O)C(=O)N(c3nccs3)C2c2ccc(C(C)C)cc2)cc1. The molecule has 0 bridgehead atoms. The number of Topliss-reactive ketones (excluding diaryl/α,β-unsaturated/α-hetero) is 1. The van der Waals surface area contributed by atoms with Crippen molar-refractivity contribution in [3.05, 3.63) is 95.0 Å². The van der Waals surface area contributed by atoms with E-state index >= 15 is 0 Å².